The van der Waals surface area contributed by atoms with Crippen molar-refractivity contribution in [2.45, 2.75) is 31.2 Å². The zero-order chi connectivity index (χ0) is 32.5. The number of alkyl halides is 8. The summed E-state index contributed by atoms with van der Waals surface area (Å²) in [5, 5.41) is 0. The standard InChI is InChI=1S/C30H19F8N3O4/c1-28(31,32)13-41-24(22-18(26(41)42)12-39-23(22)17-6-3-7-20-25(17)45-27(43)40-20)14-4-2-5-16(10-14)44-21-9-8-15(29(33,34)35)11-19(21)30(36,37)38/h2-11,24H,12-13H2,1H3,(H,40,43). The Labute approximate surface area is 247 Å². The Morgan fingerprint density at radius 1 is 0.956 bits per heavy atom. The van der Waals surface area contributed by atoms with Gasteiger partial charge in [0.25, 0.3) is 11.8 Å². The highest BCUT2D eigenvalue weighted by molar-refractivity contribution is 6.25. The smallest absolute Gasteiger partial charge is 0.420 e. The molecular formula is C30H19F8N3O4. The Kier molecular flexibility index (Phi) is 6.89. The second-order valence-corrected chi connectivity index (χ2v) is 10.5. The molecule has 1 amide bonds. The summed E-state index contributed by atoms with van der Waals surface area (Å²) in [4.78, 5) is 33.2. The third-order valence-electron chi connectivity index (χ3n) is 7.24. The molecule has 6 rings (SSSR count). The molecule has 3 aromatic carbocycles. The first-order valence-corrected chi connectivity index (χ1v) is 13.2. The van der Waals surface area contributed by atoms with Crippen LogP contribution in [0.15, 0.2) is 86.0 Å². The number of carbonyl (C=O) groups is 1. The SMILES string of the molecule is CC(F)(F)CN1C(=O)C2=C(C(c3cccc4[nH]c(=O)oc34)=NC2)C1c1cccc(Oc2ccc(C(F)(F)F)cc2C(F)(F)F)c1. The molecule has 3 heterocycles. The van der Waals surface area contributed by atoms with Crippen LogP contribution in [0.4, 0.5) is 35.1 Å². The average molecular weight is 637 g/mol. The lowest BCUT2D eigenvalue weighted by atomic mass is 9.91. The maximum absolute atomic E-state index is 14.4. The summed E-state index contributed by atoms with van der Waals surface area (Å²) < 4.78 is 120. The van der Waals surface area contributed by atoms with E-state index in [-0.39, 0.29) is 46.4 Å². The summed E-state index contributed by atoms with van der Waals surface area (Å²) in [5.41, 5.74) is -1.82. The van der Waals surface area contributed by atoms with Gasteiger partial charge in [0.05, 0.1) is 41.5 Å². The van der Waals surface area contributed by atoms with E-state index in [9.17, 15) is 44.7 Å². The summed E-state index contributed by atoms with van der Waals surface area (Å²) in [7, 11) is 0. The van der Waals surface area contributed by atoms with Crippen LogP contribution in [-0.2, 0) is 17.1 Å². The highest BCUT2D eigenvalue weighted by Crippen LogP contribution is 2.46. The molecule has 0 saturated carbocycles. The van der Waals surface area contributed by atoms with E-state index in [1.165, 1.54) is 24.3 Å². The number of aliphatic imine (C=N–C) groups is 1. The number of carbonyl (C=O) groups excluding carboxylic acids is 1. The number of benzene rings is 3. The predicted octanol–water partition coefficient (Wildman–Crippen LogP) is 7.29. The van der Waals surface area contributed by atoms with Gasteiger partial charge in [-0.3, -0.25) is 14.8 Å². The van der Waals surface area contributed by atoms with Crippen molar-refractivity contribution < 1.29 is 49.1 Å². The van der Waals surface area contributed by atoms with E-state index >= 15 is 0 Å². The van der Waals surface area contributed by atoms with Crippen LogP contribution in [-0.4, -0.2) is 40.5 Å². The van der Waals surface area contributed by atoms with Gasteiger partial charge in [0, 0.05) is 23.6 Å². The van der Waals surface area contributed by atoms with Crippen LogP contribution in [0.2, 0.25) is 0 Å². The van der Waals surface area contributed by atoms with Gasteiger partial charge in [0.2, 0.25) is 0 Å². The number of fused-ring (bicyclic) bond motifs is 1. The van der Waals surface area contributed by atoms with Gasteiger partial charge in [-0.05, 0) is 48.0 Å². The molecule has 1 N–H and O–H groups in total. The van der Waals surface area contributed by atoms with E-state index < -0.39 is 59.4 Å². The summed E-state index contributed by atoms with van der Waals surface area (Å²) in [6.07, 6.45) is -10.3. The van der Waals surface area contributed by atoms with Crippen LogP contribution >= 0.6 is 0 Å². The first-order valence-electron chi connectivity index (χ1n) is 13.2. The molecule has 1 atom stereocenters. The monoisotopic (exact) mass is 637 g/mol. The van der Waals surface area contributed by atoms with Crippen LogP contribution in [0.3, 0.4) is 0 Å². The molecule has 0 fully saturated rings. The summed E-state index contributed by atoms with van der Waals surface area (Å²) in [5.74, 6) is -6.05. The number of rotatable bonds is 6. The van der Waals surface area contributed by atoms with Gasteiger partial charge < -0.3 is 14.1 Å². The quantitative estimate of drug-likeness (QED) is 0.225. The Morgan fingerprint density at radius 2 is 1.69 bits per heavy atom. The fourth-order valence-corrected chi connectivity index (χ4v) is 5.49. The fraction of sp³-hybridized carbons (Fsp3) is 0.233. The van der Waals surface area contributed by atoms with Gasteiger partial charge in [0.1, 0.15) is 11.5 Å². The number of aromatic amines is 1. The van der Waals surface area contributed by atoms with Crippen LogP contribution in [0.1, 0.15) is 35.2 Å². The first kappa shape index (κ1) is 30.1. The molecule has 2 aliphatic heterocycles. The highest BCUT2D eigenvalue weighted by atomic mass is 19.4. The molecule has 1 aromatic heterocycles. The van der Waals surface area contributed by atoms with Crippen molar-refractivity contribution in [2.75, 3.05) is 13.1 Å². The largest absolute Gasteiger partial charge is 0.457 e. The van der Waals surface area contributed by atoms with Crippen molar-refractivity contribution in [1.82, 2.24) is 9.88 Å². The molecular weight excluding hydrogens is 618 g/mol. The second-order valence-electron chi connectivity index (χ2n) is 10.5. The predicted molar refractivity (Wildman–Crippen MR) is 143 cm³/mol. The minimum Gasteiger partial charge on any atom is -0.457 e. The van der Waals surface area contributed by atoms with Crippen molar-refractivity contribution in [1.29, 1.82) is 0 Å². The minimum atomic E-state index is -5.21. The third-order valence-corrected chi connectivity index (χ3v) is 7.24. The average Bonchev–Trinajstić information content (AvgIpc) is 3.60. The molecule has 0 radical (unpaired) electrons. The van der Waals surface area contributed by atoms with Crippen molar-refractivity contribution in [3.8, 4) is 11.5 Å². The normalized spacial score (nSPS) is 17.4. The third kappa shape index (κ3) is 5.58. The van der Waals surface area contributed by atoms with E-state index in [1.54, 1.807) is 18.2 Å². The lowest BCUT2D eigenvalue weighted by Crippen LogP contribution is -2.40. The molecule has 45 heavy (non-hydrogen) atoms. The zero-order valence-electron chi connectivity index (χ0n) is 22.8. The highest BCUT2D eigenvalue weighted by Gasteiger charge is 2.47. The van der Waals surface area contributed by atoms with Crippen molar-refractivity contribution in [3.63, 3.8) is 0 Å². The molecule has 0 aliphatic carbocycles. The van der Waals surface area contributed by atoms with Crippen molar-refractivity contribution in [2.24, 2.45) is 4.99 Å². The van der Waals surface area contributed by atoms with Crippen LogP contribution in [0.25, 0.3) is 11.1 Å². The molecule has 0 saturated heterocycles. The van der Waals surface area contributed by atoms with E-state index in [4.69, 9.17) is 9.15 Å². The Balaban J connectivity index is 1.44. The number of oxazole rings is 1. The van der Waals surface area contributed by atoms with E-state index in [0.29, 0.717) is 30.1 Å². The number of halogens is 8. The van der Waals surface area contributed by atoms with Crippen LogP contribution in [0.5, 0.6) is 11.5 Å². The Bertz CT molecular complexity index is 1960. The summed E-state index contributed by atoms with van der Waals surface area (Å²) in [6.45, 7) is -0.580. The maximum Gasteiger partial charge on any atom is 0.420 e. The number of aromatic nitrogens is 1. The number of para-hydroxylation sites is 1. The fourth-order valence-electron chi connectivity index (χ4n) is 5.49. The minimum absolute atomic E-state index is 0.0712. The van der Waals surface area contributed by atoms with Gasteiger partial charge in [-0.25, -0.2) is 13.6 Å². The van der Waals surface area contributed by atoms with Gasteiger partial charge in [-0.15, -0.1) is 0 Å². The number of H-pyrrole nitrogens is 1. The van der Waals surface area contributed by atoms with Crippen LogP contribution in [0, 0.1) is 0 Å². The number of nitrogens with zero attached hydrogens (tertiary/aromatic N) is 2. The molecule has 4 aromatic rings. The van der Waals surface area contributed by atoms with Gasteiger partial charge in [0.15, 0.2) is 5.58 Å². The van der Waals surface area contributed by atoms with Crippen molar-refractivity contribution >= 4 is 22.7 Å². The molecule has 0 spiro atoms. The number of hydrogen-bond acceptors (Lipinski definition) is 5. The second kappa shape index (κ2) is 10.3. The molecule has 7 nitrogen and oxygen atoms in total. The maximum atomic E-state index is 14.4. The number of ether oxygens (including phenoxy) is 1. The van der Waals surface area contributed by atoms with E-state index in [0.717, 1.165) is 4.90 Å². The number of amides is 1. The topological polar surface area (TPSA) is 87.9 Å². The van der Waals surface area contributed by atoms with E-state index in [2.05, 4.69) is 9.98 Å². The van der Waals surface area contributed by atoms with Crippen LogP contribution < -0.4 is 10.5 Å². The van der Waals surface area contributed by atoms with Gasteiger partial charge >= 0.3 is 18.1 Å². The molecule has 2 aliphatic rings. The summed E-state index contributed by atoms with van der Waals surface area (Å²) >= 11 is 0. The van der Waals surface area contributed by atoms with Crippen molar-refractivity contribution in [3.05, 3.63) is 105 Å². The zero-order valence-corrected chi connectivity index (χ0v) is 22.8. The van der Waals surface area contributed by atoms with Gasteiger partial charge in [-0.1, -0.05) is 18.2 Å². The number of hydrogen-bond donors (Lipinski definition) is 1. The Hall–Kier alpha value is -4.95. The Morgan fingerprint density at radius 3 is 2.38 bits per heavy atom. The van der Waals surface area contributed by atoms with Gasteiger partial charge in [-0.2, -0.15) is 26.3 Å². The number of nitrogens with one attached hydrogen (secondary N) is 1. The molecule has 234 valence electrons. The van der Waals surface area contributed by atoms with E-state index in [1.807, 2.05) is 0 Å². The summed E-state index contributed by atoms with van der Waals surface area (Å²) in [6, 6.07) is 9.61. The lowest BCUT2D eigenvalue weighted by molar-refractivity contribution is -0.143. The molecule has 0 bridgehead atoms. The molecule has 15 heteroatoms. The molecule has 1 unspecified atom stereocenters. The first-order chi connectivity index (χ1) is 21.0. The lowest BCUT2D eigenvalue weighted by Gasteiger charge is -2.30.